The molecular weight excluding hydrogens is 404 g/mol. The summed E-state index contributed by atoms with van der Waals surface area (Å²) < 4.78 is 15.9. The number of nitrogens with zero attached hydrogens (tertiary/aromatic N) is 1. The van der Waals surface area contributed by atoms with E-state index in [2.05, 4.69) is 6.92 Å². The molecule has 0 saturated carbocycles. The summed E-state index contributed by atoms with van der Waals surface area (Å²) in [6.07, 6.45) is 2.58. The summed E-state index contributed by atoms with van der Waals surface area (Å²) in [6, 6.07) is 15.2. The number of methoxy groups -OCH3 is 2. The number of ether oxygens (including phenoxy) is 3. The number of carbonyl (C=O) groups excluding carboxylic acids is 1. The Hall–Kier alpha value is -2.44. The van der Waals surface area contributed by atoms with Gasteiger partial charge in [-0.2, -0.15) is 0 Å². The summed E-state index contributed by atoms with van der Waals surface area (Å²) in [5.41, 5.74) is 8.04. The van der Waals surface area contributed by atoms with E-state index in [0.29, 0.717) is 13.1 Å². The van der Waals surface area contributed by atoms with Crippen LogP contribution in [0.4, 0.5) is 4.79 Å². The number of benzene rings is 2. The fraction of sp³-hybridized carbons (Fsp3) is 0.435. The fourth-order valence-electron chi connectivity index (χ4n) is 2.91. The third-order valence-corrected chi connectivity index (χ3v) is 4.67. The number of hydrogen-bond acceptors (Lipinski definition) is 5. The molecule has 0 aliphatic rings. The van der Waals surface area contributed by atoms with Gasteiger partial charge in [-0.3, -0.25) is 4.90 Å². The van der Waals surface area contributed by atoms with Crippen LogP contribution in [-0.4, -0.2) is 37.9 Å². The van der Waals surface area contributed by atoms with Crippen LogP contribution in [0.3, 0.4) is 0 Å². The molecule has 0 aliphatic heterocycles. The van der Waals surface area contributed by atoms with Crippen molar-refractivity contribution in [2.24, 2.45) is 5.73 Å². The lowest BCUT2D eigenvalue weighted by atomic mass is 10.1. The second-order valence-electron chi connectivity index (χ2n) is 7.03. The zero-order valence-electron chi connectivity index (χ0n) is 18.0. The molecule has 0 saturated heterocycles. The van der Waals surface area contributed by atoms with Crippen LogP contribution in [0.15, 0.2) is 48.5 Å². The Kier molecular flexibility index (Phi) is 11.7. The SMILES string of the molecule is CCCC[C@H](N)COC(=O)N(Cc1ccc(OC)cc1)Cc1ccc(OC)cc1.Cl. The first-order valence-electron chi connectivity index (χ1n) is 9.98. The van der Waals surface area contributed by atoms with Gasteiger partial charge in [-0.05, 0) is 41.8 Å². The minimum absolute atomic E-state index is 0. The Morgan fingerprint density at radius 3 is 1.80 bits per heavy atom. The van der Waals surface area contributed by atoms with Crippen LogP contribution in [-0.2, 0) is 17.8 Å². The molecule has 0 aliphatic carbocycles. The van der Waals surface area contributed by atoms with Gasteiger partial charge in [0.25, 0.3) is 0 Å². The van der Waals surface area contributed by atoms with E-state index >= 15 is 0 Å². The first-order chi connectivity index (χ1) is 14.0. The molecule has 2 aromatic rings. The molecule has 0 radical (unpaired) electrons. The Labute approximate surface area is 185 Å². The van der Waals surface area contributed by atoms with Gasteiger partial charge in [0.2, 0.25) is 0 Å². The highest BCUT2D eigenvalue weighted by molar-refractivity contribution is 5.85. The average Bonchev–Trinajstić information content (AvgIpc) is 2.76. The van der Waals surface area contributed by atoms with Crippen LogP contribution in [0, 0.1) is 0 Å². The van der Waals surface area contributed by atoms with Crippen molar-refractivity contribution in [2.75, 3.05) is 20.8 Å². The van der Waals surface area contributed by atoms with Crippen molar-refractivity contribution in [2.45, 2.75) is 45.3 Å². The maximum absolute atomic E-state index is 12.8. The lowest BCUT2D eigenvalue weighted by Gasteiger charge is -2.23. The molecule has 2 aromatic carbocycles. The van der Waals surface area contributed by atoms with Crippen LogP contribution < -0.4 is 15.2 Å². The van der Waals surface area contributed by atoms with Crippen molar-refractivity contribution < 1.29 is 19.0 Å². The minimum atomic E-state index is -0.372. The van der Waals surface area contributed by atoms with Crippen molar-refractivity contribution in [1.82, 2.24) is 4.90 Å². The van der Waals surface area contributed by atoms with Gasteiger partial charge in [-0.1, -0.05) is 44.0 Å². The molecule has 0 spiro atoms. The van der Waals surface area contributed by atoms with E-state index in [1.54, 1.807) is 19.1 Å². The molecule has 30 heavy (non-hydrogen) atoms. The molecule has 0 heterocycles. The molecule has 166 valence electrons. The molecule has 0 aromatic heterocycles. The zero-order chi connectivity index (χ0) is 21.1. The van der Waals surface area contributed by atoms with Gasteiger partial charge >= 0.3 is 6.09 Å². The van der Waals surface area contributed by atoms with E-state index in [9.17, 15) is 4.79 Å². The Morgan fingerprint density at radius 2 is 1.40 bits per heavy atom. The van der Waals surface area contributed by atoms with Crippen LogP contribution in [0.25, 0.3) is 0 Å². The summed E-state index contributed by atoms with van der Waals surface area (Å²) in [7, 11) is 3.26. The topological polar surface area (TPSA) is 74.0 Å². The summed E-state index contributed by atoms with van der Waals surface area (Å²) in [5.74, 6) is 1.56. The van der Waals surface area contributed by atoms with Gasteiger partial charge in [0.1, 0.15) is 18.1 Å². The van der Waals surface area contributed by atoms with Gasteiger partial charge in [0.05, 0.1) is 14.2 Å². The Bertz CT molecular complexity index is 688. The number of nitrogens with two attached hydrogens (primary N) is 1. The van der Waals surface area contributed by atoms with Crippen LogP contribution in [0.1, 0.15) is 37.3 Å². The van der Waals surface area contributed by atoms with Gasteiger partial charge in [0.15, 0.2) is 0 Å². The highest BCUT2D eigenvalue weighted by Gasteiger charge is 2.18. The van der Waals surface area contributed by atoms with Crippen LogP contribution in [0.5, 0.6) is 11.5 Å². The summed E-state index contributed by atoms with van der Waals surface area (Å²) >= 11 is 0. The quantitative estimate of drug-likeness (QED) is 0.548. The van der Waals surface area contributed by atoms with Crippen molar-refractivity contribution in [3.8, 4) is 11.5 Å². The highest BCUT2D eigenvalue weighted by Crippen LogP contribution is 2.17. The predicted octanol–water partition coefficient (Wildman–Crippen LogP) is 4.78. The van der Waals surface area contributed by atoms with Gasteiger partial charge in [0, 0.05) is 19.1 Å². The molecule has 2 rings (SSSR count). The third kappa shape index (κ3) is 8.51. The summed E-state index contributed by atoms with van der Waals surface area (Å²) in [4.78, 5) is 14.5. The molecule has 2 N–H and O–H groups in total. The number of unbranched alkanes of at least 4 members (excludes halogenated alkanes) is 1. The van der Waals surface area contributed by atoms with Gasteiger partial charge in [-0.15, -0.1) is 12.4 Å². The smallest absolute Gasteiger partial charge is 0.410 e. The van der Waals surface area contributed by atoms with Crippen LogP contribution >= 0.6 is 12.4 Å². The van der Waals surface area contributed by atoms with Crippen molar-refractivity contribution >= 4 is 18.5 Å². The lowest BCUT2D eigenvalue weighted by Crippen LogP contribution is -2.35. The largest absolute Gasteiger partial charge is 0.497 e. The second-order valence-corrected chi connectivity index (χ2v) is 7.03. The predicted molar refractivity (Wildman–Crippen MR) is 121 cm³/mol. The maximum atomic E-state index is 12.8. The molecule has 0 unspecified atom stereocenters. The minimum Gasteiger partial charge on any atom is -0.497 e. The summed E-state index contributed by atoms with van der Waals surface area (Å²) in [6.45, 7) is 3.20. The Morgan fingerprint density at radius 1 is 0.933 bits per heavy atom. The fourth-order valence-corrected chi connectivity index (χ4v) is 2.91. The normalized spacial score (nSPS) is 11.2. The maximum Gasteiger partial charge on any atom is 0.410 e. The lowest BCUT2D eigenvalue weighted by molar-refractivity contribution is 0.0907. The second kappa shape index (κ2) is 13.7. The first kappa shape index (κ1) is 25.6. The van der Waals surface area contributed by atoms with Gasteiger partial charge < -0.3 is 19.9 Å². The molecule has 0 bridgehead atoms. The van der Waals surface area contributed by atoms with Crippen LogP contribution in [0.2, 0.25) is 0 Å². The monoisotopic (exact) mass is 436 g/mol. The molecule has 1 amide bonds. The molecule has 1 atom stereocenters. The number of halogens is 1. The van der Waals surface area contributed by atoms with E-state index in [0.717, 1.165) is 41.9 Å². The van der Waals surface area contributed by atoms with E-state index in [-0.39, 0.29) is 31.1 Å². The van der Waals surface area contributed by atoms with E-state index in [1.165, 1.54) is 0 Å². The summed E-state index contributed by atoms with van der Waals surface area (Å²) in [5, 5.41) is 0. The number of hydrogen-bond donors (Lipinski definition) is 1. The Balaban J connectivity index is 0.00000450. The average molecular weight is 437 g/mol. The number of carbonyl (C=O) groups is 1. The number of amides is 1. The molecular formula is C23H33ClN2O4. The van der Waals surface area contributed by atoms with E-state index in [1.807, 2.05) is 48.5 Å². The van der Waals surface area contributed by atoms with E-state index < -0.39 is 0 Å². The molecule has 6 nitrogen and oxygen atoms in total. The molecule has 7 heteroatoms. The zero-order valence-corrected chi connectivity index (χ0v) is 18.8. The molecule has 0 fully saturated rings. The van der Waals surface area contributed by atoms with Gasteiger partial charge in [-0.25, -0.2) is 4.79 Å². The first-order valence-corrected chi connectivity index (χ1v) is 9.98. The standard InChI is InChI=1S/C23H32N2O4.ClH/c1-4-5-6-20(24)17-29-23(26)25(15-18-7-11-21(27-2)12-8-18)16-19-9-13-22(28-3)14-10-19;/h7-14,20H,4-6,15-17,24H2,1-3H3;1H/t20-;/m0./s1. The third-order valence-electron chi connectivity index (χ3n) is 4.67. The van der Waals surface area contributed by atoms with Crippen molar-refractivity contribution in [1.29, 1.82) is 0 Å². The van der Waals surface area contributed by atoms with E-state index in [4.69, 9.17) is 19.9 Å². The van der Waals surface area contributed by atoms with Crippen molar-refractivity contribution in [3.63, 3.8) is 0 Å². The number of rotatable bonds is 11. The van der Waals surface area contributed by atoms with Crippen molar-refractivity contribution in [3.05, 3.63) is 59.7 Å². The highest BCUT2D eigenvalue weighted by atomic mass is 35.5.